The van der Waals surface area contributed by atoms with Crippen molar-refractivity contribution >= 4 is 22.5 Å². The summed E-state index contributed by atoms with van der Waals surface area (Å²) in [5.74, 6) is -0.752. The summed E-state index contributed by atoms with van der Waals surface area (Å²) in [5, 5.41) is 10.2. The molecule has 0 aliphatic heterocycles. The van der Waals surface area contributed by atoms with Crippen LogP contribution in [-0.2, 0) is 4.79 Å². The maximum Gasteiger partial charge on any atom is 0.328 e. The Kier molecular flexibility index (Phi) is 4.72. The Morgan fingerprint density at radius 3 is 2.48 bits per heavy atom. The van der Waals surface area contributed by atoms with Gasteiger partial charge in [0.25, 0.3) is 0 Å². The third-order valence-corrected chi connectivity index (χ3v) is 2.99. The van der Waals surface area contributed by atoms with Gasteiger partial charge in [-0.05, 0) is 30.0 Å². The monoisotopic (exact) mass is 284 g/mol. The Balaban J connectivity index is 2.47. The number of allylic oxidation sites excluding steroid dienone is 1. The van der Waals surface area contributed by atoms with Gasteiger partial charge in [0.1, 0.15) is 5.75 Å². The van der Waals surface area contributed by atoms with E-state index in [1.165, 1.54) is 0 Å². The molecule has 0 spiro atoms. The van der Waals surface area contributed by atoms with Gasteiger partial charge in [-0.15, -0.1) is 0 Å². The van der Waals surface area contributed by atoms with Gasteiger partial charge >= 0.3 is 5.97 Å². The molecule has 21 heavy (non-hydrogen) atoms. The molecule has 0 aliphatic rings. The molecular formula is C17H16O4. The second kappa shape index (κ2) is 6.70. The summed E-state index contributed by atoms with van der Waals surface area (Å²) >= 11 is 0. The van der Waals surface area contributed by atoms with Crippen LogP contribution in [0.25, 0.3) is 10.8 Å². The molecule has 0 radical (unpaired) electrons. The van der Waals surface area contributed by atoms with Crippen LogP contribution in [0.1, 0.15) is 23.7 Å². The smallest absolute Gasteiger partial charge is 0.328 e. The van der Waals surface area contributed by atoms with Crippen molar-refractivity contribution in [1.82, 2.24) is 0 Å². The predicted octanol–water partition coefficient (Wildman–Crippen LogP) is 3.45. The summed E-state index contributed by atoms with van der Waals surface area (Å²) in [6.07, 6.45) is 2.81. The van der Waals surface area contributed by atoms with Crippen molar-refractivity contribution < 1.29 is 19.4 Å². The molecule has 0 heterocycles. The van der Waals surface area contributed by atoms with E-state index in [1.807, 2.05) is 31.2 Å². The average molecular weight is 284 g/mol. The van der Waals surface area contributed by atoms with Crippen LogP contribution in [0.15, 0.2) is 48.6 Å². The maximum atomic E-state index is 12.1. The average Bonchev–Trinajstić information content (AvgIpc) is 2.50. The Labute approximate surface area is 122 Å². The first-order valence-corrected chi connectivity index (χ1v) is 6.73. The van der Waals surface area contributed by atoms with Crippen LogP contribution >= 0.6 is 0 Å². The van der Waals surface area contributed by atoms with E-state index in [2.05, 4.69) is 0 Å². The number of carbonyl (C=O) groups excluding carboxylic acids is 1. The Bertz CT molecular complexity index is 701. The molecule has 2 rings (SSSR count). The van der Waals surface area contributed by atoms with Crippen LogP contribution in [0.4, 0.5) is 0 Å². The zero-order valence-corrected chi connectivity index (χ0v) is 11.7. The van der Waals surface area contributed by atoms with Crippen LogP contribution in [0, 0.1) is 0 Å². The lowest BCUT2D eigenvalue weighted by Crippen LogP contribution is -2.00. The molecule has 0 atom stereocenters. The number of hydrogen-bond acceptors (Lipinski definition) is 3. The van der Waals surface area contributed by atoms with E-state index in [-0.39, 0.29) is 5.78 Å². The SMILES string of the molecule is CCCOc1ccc(C(=O)/C=C/C(=O)O)c2ccccc12. The summed E-state index contributed by atoms with van der Waals surface area (Å²) < 4.78 is 5.68. The number of aliphatic carboxylic acids is 1. The van der Waals surface area contributed by atoms with Crippen LogP contribution in [0.2, 0.25) is 0 Å². The summed E-state index contributed by atoms with van der Waals surface area (Å²) in [7, 11) is 0. The van der Waals surface area contributed by atoms with Crippen LogP contribution in [-0.4, -0.2) is 23.5 Å². The highest BCUT2D eigenvalue weighted by molar-refractivity contribution is 6.15. The lowest BCUT2D eigenvalue weighted by atomic mass is 10.0. The fourth-order valence-electron chi connectivity index (χ4n) is 2.06. The Hall–Kier alpha value is -2.62. The molecule has 0 saturated carbocycles. The van der Waals surface area contributed by atoms with Crippen LogP contribution in [0.3, 0.4) is 0 Å². The first-order chi connectivity index (χ1) is 10.1. The first-order valence-electron chi connectivity index (χ1n) is 6.73. The van der Waals surface area contributed by atoms with E-state index >= 15 is 0 Å². The molecule has 0 aliphatic carbocycles. The summed E-state index contributed by atoms with van der Waals surface area (Å²) in [5.41, 5.74) is 0.465. The number of ether oxygens (including phenoxy) is 1. The van der Waals surface area contributed by atoms with Crippen molar-refractivity contribution in [3.8, 4) is 5.75 Å². The van der Waals surface area contributed by atoms with Gasteiger partial charge in [-0.2, -0.15) is 0 Å². The van der Waals surface area contributed by atoms with Gasteiger partial charge in [0.2, 0.25) is 0 Å². The molecule has 0 unspecified atom stereocenters. The fraction of sp³-hybridized carbons (Fsp3) is 0.176. The lowest BCUT2D eigenvalue weighted by Gasteiger charge is -2.10. The number of benzene rings is 2. The van der Waals surface area contributed by atoms with Crippen molar-refractivity contribution in [1.29, 1.82) is 0 Å². The molecule has 2 aromatic carbocycles. The largest absolute Gasteiger partial charge is 0.493 e. The topological polar surface area (TPSA) is 63.6 Å². The van der Waals surface area contributed by atoms with Gasteiger partial charge in [-0.25, -0.2) is 4.79 Å². The van der Waals surface area contributed by atoms with Gasteiger partial charge in [0.15, 0.2) is 5.78 Å². The summed E-state index contributed by atoms with van der Waals surface area (Å²) in [6.45, 7) is 2.63. The number of ketones is 1. The highest BCUT2D eigenvalue weighted by Crippen LogP contribution is 2.29. The highest BCUT2D eigenvalue weighted by atomic mass is 16.5. The van der Waals surface area contributed by atoms with Gasteiger partial charge in [0, 0.05) is 17.0 Å². The number of carboxylic acid groups (broad SMARTS) is 1. The Morgan fingerprint density at radius 1 is 1.10 bits per heavy atom. The molecule has 0 aromatic heterocycles. The maximum absolute atomic E-state index is 12.1. The normalized spacial score (nSPS) is 10.9. The standard InChI is InChI=1S/C17H16O4/c1-2-11-21-16-9-7-13(15(18)8-10-17(19)20)12-5-3-4-6-14(12)16/h3-10H,2,11H2,1H3,(H,19,20)/b10-8+. The molecule has 0 saturated heterocycles. The zero-order valence-electron chi connectivity index (χ0n) is 11.7. The molecule has 4 heteroatoms. The minimum Gasteiger partial charge on any atom is -0.493 e. The van der Waals surface area contributed by atoms with Gasteiger partial charge in [-0.3, -0.25) is 4.79 Å². The third-order valence-electron chi connectivity index (χ3n) is 2.99. The Morgan fingerprint density at radius 2 is 1.81 bits per heavy atom. The zero-order chi connectivity index (χ0) is 15.2. The third kappa shape index (κ3) is 3.48. The van der Waals surface area contributed by atoms with Gasteiger partial charge in [-0.1, -0.05) is 31.2 Å². The van der Waals surface area contributed by atoms with Crippen molar-refractivity contribution in [3.63, 3.8) is 0 Å². The molecule has 108 valence electrons. The number of rotatable bonds is 6. The van der Waals surface area contributed by atoms with E-state index in [0.29, 0.717) is 12.2 Å². The second-order valence-corrected chi connectivity index (χ2v) is 4.54. The lowest BCUT2D eigenvalue weighted by molar-refractivity contribution is -0.131. The molecule has 2 aromatic rings. The van der Waals surface area contributed by atoms with Crippen molar-refractivity contribution in [2.24, 2.45) is 0 Å². The van der Waals surface area contributed by atoms with Crippen molar-refractivity contribution in [2.75, 3.05) is 6.61 Å². The fourth-order valence-corrected chi connectivity index (χ4v) is 2.06. The molecule has 0 amide bonds. The molecule has 4 nitrogen and oxygen atoms in total. The summed E-state index contributed by atoms with van der Waals surface area (Å²) in [4.78, 5) is 22.6. The van der Waals surface area contributed by atoms with E-state index in [0.717, 1.165) is 35.1 Å². The highest BCUT2D eigenvalue weighted by Gasteiger charge is 2.11. The quantitative estimate of drug-likeness (QED) is 0.652. The van der Waals surface area contributed by atoms with Crippen LogP contribution < -0.4 is 4.74 Å². The number of carbonyl (C=O) groups is 2. The number of fused-ring (bicyclic) bond motifs is 1. The second-order valence-electron chi connectivity index (χ2n) is 4.54. The van der Waals surface area contributed by atoms with E-state index in [9.17, 15) is 9.59 Å². The van der Waals surface area contributed by atoms with Gasteiger partial charge < -0.3 is 9.84 Å². The molecule has 1 N–H and O–H groups in total. The molecular weight excluding hydrogens is 268 g/mol. The van der Waals surface area contributed by atoms with E-state index in [1.54, 1.807) is 12.1 Å². The number of hydrogen-bond donors (Lipinski definition) is 1. The predicted molar refractivity (Wildman–Crippen MR) is 80.8 cm³/mol. The van der Waals surface area contributed by atoms with E-state index in [4.69, 9.17) is 9.84 Å². The van der Waals surface area contributed by atoms with Crippen molar-refractivity contribution in [3.05, 3.63) is 54.1 Å². The van der Waals surface area contributed by atoms with Crippen molar-refractivity contribution in [2.45, 2.75) is 13.3 Å². The van der Waals surface area contributed by atoms with Crippen LogP contribution in [0.5, 0.6) is 5.75 Å². The number of carboxylic acids is 1. The first kappa shape index (κ1) is 14.8. The van der Waals surface area contributed by atoms with E-state index < -0.39 is 5.97 Å². The summed E-state index contributed by atoms with van der Waals surface area (Å²) in [6, 6.07) is 10.8. The minimum absolute atomic E-state index is 0.337. The molecule has 0 fully saturated rings. The van der Waals surface area contributed by atoms with Gasteiger partial charge in [0.05, 0.1) is 6.61 Å². The molecule has 0 bridgehead atoms. The minimum atomic E-state index is -1.14.